The molecule has 2 aromatic heterocycles. The van der Waals surface area contributed by atoms with Crippen molar-refractivity contribution in [1.29, 1.82) is 0 Å². The molecule has 1 N–H and O–H groups in total. The van der Waals surface area contributed by atoms with Crippen molar-refractivity contribution >= 4 is 28.7 Å². The molecule has 10 heteroatoms. The van der Waals surface area contributed by atoms with Crippen LogP contribution in [0.15, 0.2) is 34.1 Å². The van der Waals surface area contributed by atoms with E-state index < -0.39 is 17.2 Å². The van der Waals surface area contributed by atoms with Gasteiger partial charge in [-0.25, -0.2) is 14.6 Å². The lowest BCUT2D eigenvalue weighted by atomic mass is 10.2. The number of rotatable bonds is 5. The van der Waals surface area contributed by atoms with Crippen molar-refractivity contribution in [3.63, 3.8) is 0 Å². The second-order valence-electron chi connectivity index (χ2n) is 5.98. The third kappa shape index (κ3) is 3.45. The molecule has 9 nitrogen and oxygen atoms in total. The number of halogens is 1. The monoisotopic (exact) mass is 392 g/mol. The van der Waals surface area contributed by atoms with Crippen LogP contribution in [-0.2, 0) is 25.4 Å². The van der Waals surface area contributed by atoms with Gasteiger partial charge in [0.15, 0.2) is 11.2 Å². The molecule has 2 heterocycles. The third-order valence-electron chi connectivity index (χ3n) is 4.14. The number of aromatic nitrogens is 4. The quantitative estimate of drug-likeness (QED) is 0.513. The molecule has 27 heavy (non-hydrogen) atoms. The lowest BCUT2D eigenvalue weighted by molar-refractivity contribution is 0.0492. The highest BCUT2D eigenvalue weighted by Crippen LogP contribution is 2.22. The van der Waals surface area contributed by atoms with Crippen LogP contribution in [0.25, 0.3) is 11.2 Å². The number of imidazole rings is 1. The van der Waals surface area contributed by atoms with Gasteiger partial charge < -0.3 is 14.4 Å². The Bertz CT molecular complexity index is 1140. The number of hydrogen-bond donors (Lipinski definition) is 1. The number of phenolic OH excluding ortho intramolecular Hbond substituents is 1. The fourth-order valence-electron chi connectivity index (χ4n) is 2.73. The van der Waals surface area contributed by atoms with E-state index in [0.717, 1.165) is 4.57 Å². The van der Waals surface area contributed by atoms with Gasteiger partial charge in [0.2, 0.25) is 0 Å². The van der Waals surface area contributed by atoms with Crippen LogP contribution in [0.1, 0.15) is 16.8 Å². The van der Waals surface area contributed by atoms with Crippen molar-refractivity contribution in [3.05, 3.63) is 56.0 Å². The van der Waals surface area contributed by atoms with E-state index >= 15 is 0 Å². The van der Waals surface area contributed by atoms with Crippen LogP contribution in [0.2, 0.25) is 5.02 Å². The van der Waals surface area contributed by atoms with Crippen LogP contribution in [0.5, 0.6) is 5.75 Å². The maximum absolute atomic E-state index is 12.5. The first-order valence-electron chi connectivity index (χ1n) is 8.07. The number of aromatic hydroxyl groups is 1. The molecule has 0 spiro atoms. The van der Waals surface area contributed by atoms with Crippen LogP contribution in [0.4, 0.5) is 0 Å². The molecule has 0 saturated carbocycles. The van der Waals surface area contributed by atoms with Crippen LogP contribution in [0, 0.1) is 0 Å². The number of carbonyl (C=O) groups is 1. The van der Waals surface area contributed by atoms with Gasteiger partial charge in [-0.15, -0.1) is 0 Å². The van der Waals surface area contributed by atoms with E-state index in [1.807, 2.05) is 0 Å². The Morgan fingerprint density at radius 2 is 2.04 bits per heavy atom. The highest BCUT2D eigenvalue weighted by atomic mass is 35.5. The zero-order valence-corrected chi connectivity index (χ0v) is 15.4. The summed E-state index contributed by atoms with van der Waals surface area (Å²) in [7, 11) is 3.21. The fraction of sp³-hybridized carbons (Fsp3) is 0.294. The molecule has 0 atom stereocenters. The summed E-state index contributed by atoms with van der Waals surface area (Å²) >= 11 is 5.80. The van der Waals surface area contributed by atoms with Crippen molar-refractivity contribution in [2.24, 2.45) is 14.1 Å². The standard InChI is InChI=1S/C17H17ClN4O5/c1-20-9-19-14-13(20)15(24)22(17(26)21(14)2)6-3-7-27-16(25)11-8-10(18)4-5-12(11)23/h4-5,8-9,23H,3,6-7H2,1-2H3. The number of ether oxygens (including phenoxy) is 1. The maximum Gasteiger partial charge on any atom is 0.341 e. The molecule has 0 bridgehead atoms. The lowest BCUT2D eigenvalue weighted by Gasteiger charge is -2.09. The summed E-state index contributed by atoms with van der Waals surface area (Å²) in [6, 6.07) is 4.05. The zero-order valence-electron chi connectivity index (χ0n) is 14.7. The maximum atomic E-state index is 12.5. The van der Waals surface area contributed by atoms with E-state index in [1.54, 1.807) is 11.6 Å². The number of phenols is 1. The molecule has 0 saturated heterocycles. The number of nitrogens with zero attached hydrogens (tertiary/aromatic N) is 4. The Balaban J connectivity index is 1.72. The molecule has 0 aliphatic rings. The SMILES string of the molecule is Cn1cnc2c1c(=O)n(CCCOC(=O)c1cc(Cl)ccc1O)c(=O)n2C. The van der Waals surface area contributed by atoms with E-state index in [-0.39, 0.29) is 30.9 Å². The predicted octanol–water partition coefficient (Wildman–Crippen LogP) is 1.04. The molecular formula is C17H17ClN4O5. The molecule has 142 valence electrons. The predicted molar refractivity (Wildman–Crippen MR) is 98.2 cm³/mol. The summed E-state index contributed by atoms with van der Waals surface area (Å²) in [5.74, 6) is -0.978. The summed E-state index contributed by atoms with van der Waals surface area (Å²) < 4.78 is 9.02. The van der Waals surface area contributed by atoms with Crippen molar-refractivity contribution in [2.45, 2.75) is 13.0 Å². The van der Waals surface area contributed by atoms with Gasteiger partial charge in [0.25, 0.3) is 5.56 Å². The van der Waals surface area contributed by atoms with Gasteiger partial charge in [-0.3, -0.25) is 13.9 Å². The number of benzene rings is 1. The van der Waals surface area contributed by atoms with Crippen LogP contribution in [-0.4, -0.2) is 36.4 Å². The number of fused-ring (bicyclic) bond motifs is 1. The minimum atomic E-state index is -0.739. The minimum Gasteiger partial charge on any atom is -0.507 e. The van der Waals surface area contributed by atoms with E-state index in [1.165, 1.54) is 36.1 Å². The van der Waals surface area contributed by atoms with Crippen molar-refractivity contribution in [3.8, 4) is 5.75 Å². The summed E-state index contributed by atoms with van der Waals surface area (Å²) in [6.45, 7) is 0.0330. The molecule has 1 aromatic carbocycles. The summed E-state index contributed by atoms with van der Waals surface area (Å²) in [5, 5.41) is 9.98. The first-order valence-corrected chi connectivity index (χ1v) is 8.45. The van der Waals surface area contributed by atoms with E-state index in [0.29, 0.717) is 16.2 Å². The van der Waals surface area contributed by atoms with E-state index in [2.05, 4.69) is 4.98 Å². The van der Waals surface area contributed by atoms with Crippen molar-refractivity contribution in [1.82, 2.24) is 18.7 Å². The van der Waals surface area contributed by atoms with Gasteiger partial charge in [0, 0.05) is 25.7 Å². The fourth-order valence-corrected chi connectivity index (χ4v) is 2.90. The van der Waals surface area contributed by atoms with Crippen molar-refractivity contribution < 1.29 is 14.6 Å². The summed E-state index contributed by atoms with van der Waals surface area (Å²) in [6.07, 6.45) is 1.71. The van der Waals surface area contributed by atoms with Gasteiger partial charge >= 0.3 is 11.7 Å². The van der Waals surface area contributed by atoms with Gasteiger partial charge in [0.1, 0.15) is 11.3 Å². The van der Waals surface area contributed by atoms with Crippen LogP contribution < -0.4 is 11.2 Å². The second kappa shape index (κ2) is 7.28. The number of carbonyl (C=O) groups excluding carboxylic acids is 1. The Morgan fingerprint density at radius 1 is 1.30 bits per heavy atom. The van der Waals surface area contributed by atoms with E-state index in [9.17, 15) is 19.5 Å². The number of aryl methyl sites for hydroxylation is 2. The first-order chi connectivity index (χ1) is 12.8. The summed E-state index contributed by atoms with van der Waals surface area (Å²) in [4.78, 5) is 41.0. The zero-order chi connectivity index (χ0) is 19.7. The molecule has 3 rings (SSSR count). The van der Waals surface area contributed by atoms with Crippen molar-refractivity contribution in [2.75, 3.05) is 6.61 Å². The Labute approximate surface area is 158 Å². The molecule has 0 aliphatic carbocycles. The Kier molecular flexibility index (Phi) is 5.04. The smallest absolute Gasteiger partial charge is 0.341 e. The third-order valence-corrected chi connectivity index (χ3v) is 4.37. The lowest BCUT2D eigenvalue weighted by Crippen LogP contribution is -2.39. The molecule has 0 aliphatic heterocycles. The topological polar surface area (TPSA) is 108 Å². The molecule has 0 amide bonds. The highest BCUT2D eigenvalue weighted by Gasteiger charge is 2.16. The molecule has 0 fully saturated rings. The first kappa shape index (κ1) is 18.7. The van der Waals surface area contributed by atoms with Gasteiger partial charge in [-0.2, -0.15) is 0 Å². The normalized spacial score (nSPS) is 11.1. The van der Waals surface area contributed by atoms with Crippen LogP contribution >= 0.6 is 11.6 Å². The minimum absolute atomic E-state index is 0.0379. The molecule has 3 aromatic rings. The van der Waals surface area contributed by atoms with E-state index in [4.69, 9.17) is 16.3 Å². The molecule has 0 unspecified atom stereocenters. The van der Waals surface area contributed by atoms with Gasteiger partial charge in [0.05, 0.1) is 12.9 Å². The highest BCUT2D eigenvalue weighted by molar-refractivity contribution is 6.31. The largest absolute Gasteiger partial charge is 0.507 e. The number of hydrogen-bond acceptors (Lipinski definition) is 6. The summed E-state index contributed by atoms with van der Waals surface area (Å²) in [5.41, 5.74) is -0.367. The molecule has 0 radical (unpaired) electrons. The Hall–Kier alpha value is -3.07. The Morgan fingerprint density at radius 3 is 2.78 bits per heavy atom. The molecular weight excluding hydrogens is 376 g/mol. The van der Waals surface area contributed by atoms with Crippen LogP contribution in [0.3, 0.4) is 0 Å². The average Bonchev–Trinajstić information content (AvgIpc) is 3.03. The number of esters is 1. The van der Waals surface area contributed by atoms with Gasteiger partial charge in [-0.05, 0) is 24.6 Å². The second-order valence-corrected chi connectivity index (χ2v) is 6.41. The average molecular weight is 393 g/mol. The van der Waals surface area contributed by atoms with Gasteiger partial charge in [-0.1, -0.05) is 11.6 Å².